The highest BCUT2D eigenvalue weighted by molar-refractivity contribution is 6.30. The van der Waals surface area contributed by atoms with Gasteiger partial charge in [0.25, 0.3) is 0 Å². The number of rotatable bonds is 11. The molecule has 0 N–H and O–H groups in total. The van der Waals surface area contributed by atoms with Gasteiger partial charge in [0.1, 0.15) is 42.3 Å². The Balaban J connectivity index is 1.93. The minimum atomic E-state index is -1.53. The van der Waals surface area contributed by atoms with Crippen molar-refractivity contribution in [3.8, 4) is 17.2 Å². The lowest BCUT2D eigenvalue weighted by Gasteiger charge is -2.35. The minimum absolute atomic E-state index is 0.0554. The molecule has 0 bridgehead atoms. The summed E-state index contributed by atoms with van der Waals surface area (Å²) in [5.74, 6) is 0.629. The molecular weight excluding hydrogens is 511 g/mol. The lowest BCUT2D eigenvalue weighted by Crippen LogP contribution is -2.43. The number of Topliss-reactive ketones (excluding diaryl/α,β-unsaturated/α-hetero) is 1. The summed E-state index contributed by atoms with van der Waals surface area (Å²) in [6.45, 7) is 0.452. The van der Waals surface area contributed by atoms with Gasteiger partial charge in [-0.1, -0.05) is 54.1 Å². The molecule has 35 heavy (non-hydrogen) atoms. The number of alkyl halides is 2. The fourth-order valence-corrected chi connectivity index (χ4v) is 4.69. The van der Waals surface area contributed by atoms with Crippen LogP contribution < -0.4 is 14.2 Å². The van der Waals surface area contributed by atoms with Crippen LogP contribution in [0.4, 0.5) is 0 Å². The van der Waals surface area contributed by atoms with Gasteiger partial charge in [-0.3, -0.25) is 4.79 Å². The summed E-state index contributed by atoms with van der Waals surface area (Å²) in [7, 11) is 0. The van der Waals surface area contributed by atoms with Gasteiger partial charge in [0.15, 0.2) is 0 Å². The number of hydrogen-bond acceptors (Lipinski definition) is 5. The summed E-state index contributed by atoms with van der Waals surface area (Å²) >= 11 is 17.8. The predicted molar refractivity (Wildman–Crippen MR) is 137 cm³/mol. The lowest BCUT2D eigenvalue weighted by molar-refractivity contribution is -0.109. The Hall–Kier alpha value is -2.73. The zero-order valence-corrected chi connectivity index (χ0v) is 21.0. The molecule has 3 aromatic rings. The molecule has 0 fully saturated rings. The van der Waals surface area contributed by atoms with Gasteiger partial charge in [-0.05, 0) is 17.7 Å². The van der Waals surface area contributed by atoms with Crippen molar-refractivity contribution in [2.45, 2.75) is 17.9 Å². The van der Waals surface area contributed by atoms with Gasteiger partial charge in [0.05, 0.1) is 11.8 Å². The third-order valence-corrected chi connectivity index (χ3v) is 6.41. The molecule has 182 valence electrons. The zero-order chi connectivity index (χ0) is 24.8. The average Bonchev–Trinajstić information content (AvgIpc) is 3.18. The number of benzene rings is 3. The number of hydrogen-bond donors (Lipinski definition) is 0. The van der Waals surface area contributed by atoms with E-state index in [1.807, 2.05) is 30.3 Å². The first-order valence-electron chi connectivity index (χ1n) is 11.1. The molecule has 2 atom stereocenters. The first kappa shape index (κ1) is 25.4. The van der Waals surface area contributed by atoms with E-state index in [2.05, 4.69) is 0 Å². The van der Waals surface area contributed by atoms with Gasteiger partial charge < -0.3 is 19.0 Å². The molecule has 0 saturated carbocycles. The Morgan fingerprint density at radius 2 is 1.63 bits per heavy atom. The normalized spacial score (nSPS) is 17.4. The SMILES string of the molecule is O=CCC(c1ccccc1)[C@@]1(c2ccc(Cl)cc2)Oc2cc(OCCCl)cc(OCCCl)c2C1=O. The van der Waals surface area contributed by atoms with Crippen LogP contribution in [0.15, 0.2) is 66.7 Å². The quantitative estimate of drug-likeness (QED) is 0.210. The van der Waals surface area contributed by atoms with E-state index >= 15 is 0 Å². The van der Waals surface area contributed by atoms with E-state index in [1.54, 1.807) is 36.4 Å². The van der Waals surface area contributed by atoms with Crippen LogP contribution in [-0.2, 0) is 10.4 Å². The minimum Gasteiger partial charge on any atom is -0.492 e. The molecule has 4 rings (SSSR count). The molecule has 1 aliphatic rings. The smallest absolute Gasteiger partial charge is 0.219 e. The maximum absolute atomic E-state index is 14.4. The number of ether oxygens (including phenoxy) is 3. The highest BCUT2D eigenvalue weighted by Crippen LogP contribution is 2.54. The molecule has 8 heteroatoms. The molecular formula is C27H23Cl3O5. The Morgan fingerprint density at radius 3 is 2.29 bits per heavy atom. The molecule has 0 aromatic heterocycles. The molecule has 1 heterocycles. The molecule has 0 spiro atoms. The summed E-state index contributed by atoms with van der Waals surface area (Å²) in [6, 6.07) is 19.5. The Kier molecular flexibility index (Phi) is 8.22. The summed E-state index contributed by atoms with van der Waals surface area (Å²) in [6.07, 6.45) is 0.856. The number of ketones is 1. The molecule has 0 aliphatic carbocycles. The van der Waals surface area contributed by atoms with E-state index < -0.39 is 11.5 Å². The third kappa shape index (κ3) is 4.99. The maximum Gasteiger partial charge on any atom is 0.219 e. The van der Waals surface area contributed by atoms with Gasteiger partial charge in [-0.15, -0.1) is 23.2 Å². The topological polar surface area (TPSA) is 61.8 Å². The summed E-state index contributed by atoms with van der Waals surface area (Å²) < 4.78 is 18.1. The van der Waals surface area contributed by atoms with Crippen molar-refractivity contribution in [1.29, 1.82) is 0 Å². The van der Waals surface area contributed by atoms with Crippen LogP contribution in [0, 0.1) is 0 Å². The van der Waals surface area contributed by atoms with Crippen molar-refractivity contribution < 1.29 is 23.8 Å². The third-order valence-electron chi connectivity index (χ3n) is 5.85. The van der Waals surface area contributed by atoms with Gasteiger partial charge >= 0.3 is 0 Å². The van der Waals surface area contributed by atoms with E-state index in [1.165, 1.54) is 0 Å². The number of carbonyl (C=O) groups is 2. The standard InChI is InChI=1S/C27H23Cl3O5/c28-11-14-33-21-16-23(34-15-12-29)25-24(17-21)35-27(26(25)32,19-6-8-20(30)9-7-19)22(10-13-31)18-4-2-1-3-5-18/h1-9,13,16-17,22H,10-12,14-15H2/t22?,27-/m1/s1. The van der Waals surface area contributed by atoms with Gasteiger partial charge in [-0.25, -0.2) is 0 Å². The van der Waals surface area contributed by atoms with Crippen LogP contribution in [-0.4, -0.2) is 37.0 Å². The second-order valence-corrected chi connectivity index (χ2v) is 9.10. The van der Waals surface area contributed by atoms with Crippen molar-refractivity contribution >= 4 is 46.9 Å². The van der Waals surface area contributed by atoms with E-state index in [-0.39, 0.29) is 36.9 Å². The number of fused-ring (bicyclic) bond motifs is 1. The Morgan fingerprint density at radius 1 is 0.943 bits per heavy atom. The molecule has 0 amide bonds. The second-order valence-electron chi connectivity index (χ2n) is 7.91. The van der Waals surface area contributed by atoms with Crippen molar-refractivity contribution in [3.63, 3.8) is 0 Å². The molecule has 1 unspecified atom stereocenters. The first-order valence-corrected chi connectivity index (χ1v) is 12.5. The second kappa shape index (κ2) is 11.3. The summed E-state index contributed by atoms with van der Waals surface area (Å²) in [5.41, 5.74) is 0.109. The van der Waals surface area contributed by atoms with E-state index in [0.717, 1.165) is 11.8 Å². The number of carbonyl (C=O) groups excluding carboxylic acids is 2. The predicted octanol–water partition coefficient (Wildman–Crippen LogP) is 6.42. The van der Waals surface area contributed by atoms with Gasteiger partial charge in [0, 0.05) is 35.1 Å². The van der Waals surface area contributed by atoms with Crippen LogP contribution in [0.2, 0.25) is 5.02 Å². The molecule has 1 aliphatic heterocycles. The van der Waals surface area contributed by atoms with E-state index in [4.69, 9.17) is 49.0 Å². The highest BCUT2D eigenvalue weighted by Gasteiger charge is 2.56. The Labute approximate surface area is 218 Å². The van der Waals surface area contributed by atoms with Crippen molar-refractivity contribution in [1.82, 2.24) is 0 Å². The van der Waals surface area contributed by atoms with Crippen molar-refractivity contribution in [2.24, 2.45) is 0 Å². The molecule has 3 aromatic carbocycles. The monoisotopic (exact) mass is 532 g/mol. The summed E-state index contributed by atoms with van der Waals surface area (Å²) in [4.78, 5) is 26.2. The van der Waals surface area contributed by atoms with Crippen LogP contribution in [0.5, 0.6) is 17.2 Å². The van der Waals surface area contributed by atoms with Crippen LogP contribution in [0.3, 0.4) is 0 Å². The molecule has 0 saturated heterocycles. The fourth-order valence-electron chi connectivity index (χ4n) is 4.41. The van der Waals surface area contributed by atoms with E-state index in [0.29, 0.717) is 33.7 Å². The largest absolute Gasteiger partial charge is 0.492 e. The van der Waals surface area contributed by atoms with Crippen LogP contribution in [0.1, 0.15) is 33.8 Å². The van der Waals surface area contributed by atoms with Crippen LogP contribution >= 0.6 is 34.8 Å². The Bertz CT molecular complexity index is 1180. The average molecular weight is 534 g/mol. The number of halogens is 3. The highest BCUT2D eigenvalue weighted by atomic mass is 35.5. The molecule has 0 radical (unpaired) electrons. The lowest BCUT2D eigenvalue weighted by atomic mass is 9.72. The first-order chi connectivity index (χ1) is 17.0. The van der Waals surface area contributed by atoms with Crippen LogP contribution in [0.25, 0.3) is 0 Å². The van der Waals surface area contributed by atoms with Crippen molar-refractivity contribution in [2.75, 3.05) is 25.0 Å². The van der Waals surface area contributed by atoms with Gasteiger partial charge in [0.2, 0.25) is 11.4 Å². The summed E-state index contributed by atoms with van der Waals surface area (Å²) in [5, 5.41) is 0.515. The van der Waals surface area contributed by atoms with Gasteiger partial charge in [-0.2, -0.15) is 0 Å². The fraction of sp³-hybridized carbons (Fsp3) is 0.259. The van der Waals surface area contributed by atoms with E-state index in [9.17, 15) is 9.59 Å². The zero-order valence-electron chi connectivity index (χ0n) is 18.7. The number of aldehydes is 1. The maximum atomic E-state index is 14.4. The van der Waals surface area contributed by atoms with Crippen molar-refractivity contribution in [3.05, 3.63) is 88.4 Å². The molecule has 5 nitrogen and oxygen atoms in total.